The Kier molecular flexibility index (Phi) is 4.38. The van der Waals surface area contributed by atoms with Crippen LogP contribution in [0, 0.1) is 5.92 Å². The van der Waals surface area contributed by atoms with E-state index in [1.807, 2.05) is 13.8 Å². The van der Waals surface area contributed by atoms with Crippen molar-refractivity contribution >= 4 is 0 Å². The number of rotatable bonds is 4. The van der Waals surface area contributed by atoms with Gasteiger partial charge in [-0.2, -0.15) is 0 Å². The molecule has 4 atom stereocenters. The molecule has 1 rings (SSSR count). The third kappa shape index (κ3) is 3.09. The zero-order chi connectivity index (χ0) is 11.4. The minimum atomic E-state index is -1.33. The summed E-state index contributed by atoms with van der Waals surface area (Å²) >= 11 is 0. The monoisotopic (exact) mass is 218 g/mol. The quantitative estimate of drug-likeness (QED) is 0.641. The van der Waals surface area contributed by atoms with Gasteiger partial charge in [0, 0.05) is 0 Å². The smallest absolute Gasteiger partial charge is 0.228 e. The molecular formula is C10H18O5. The standard InChI is InChI=1S/C10H18O5/c1-3-6(2)4-14-10-9(13)8(12)7(11)5-15-10/h5-6,8-13H,3-4H2,1-2H3. The Hall–Kier alpha value is -0.780. The highest BCUT2D eigenvalue weighted by Gasteiger charge is 2.35. The van der Waals surface area contributed by atoms with E-state index >= 15 is 0 Å². The molecule has 0 aliphatic carbocycles. The lowest BCUT2D eigenvalue weighted by Gasteiger charge is -2.30. The van der Waals surface area contributed by atoms with Gasteiger partial charge in [-0.05, 0) is 5.92 Å². The highest BCUT2D eigenvalue weighted by molar-refractivity contribution is 5.01. The van der Waals surface area contributed by atoms with E-state index < -0.39 is 18.5 Å². The molecule has 0 bridgehead atoms. The fourth-order valence-electron chi connectivity index (χ4n) is 1.13. The van der Waals surface area contributed by atoms with E-state index in [2.05, 4.69) is 0 Å². The van der Waals surface area contributed by atoms with Gasteiger partial charge in [0.2, 0.25) is 6.29 Å². The van der Waals surface area contributed by atoms with E-state index in [0.29, 0.717) is 12.5 Å². The molecule has 0 saturated heterocycles. The number of aliphatic hydroxyl groups is 3. The van der Waals surface area contributed by atoms with Crippen LogP contribution in [0.5, 0.6) is 0 Å². The Morgan fingerprint density at radius 2 is 2.20 bits per heavy atom. The molecule has 0 amide bonds. The predicted octanol–water partition coefficient (Wildman–Crippen LogP) is 0.527. The lowest BCUT2D eigenvalue weighted by atomic mass is 10.1. The van der Waals surface area contributed by atoms with E-state index in [1.54, 1.807) is 0 Å². The largest absolute Gasteiger partial charge is 0.506 e. The van der Waals surface area contributed by atoms with Crippen molar-refractivity contribution in [2.24, 2.45) is 5.92 Å². The van der Waals surface area contributed by atoms with Crippen LogP contribution >= 0.6 is 0 Å². The Bertz CT molecular complexity index is 228. The summed E-state index contributed by atoms with van der Waals surface area (Å²) in [6.45, 7) is 4.49. The summed E-state index contributed by atoms with van der Waals surface area (Å²) in [6, 6.07) is 0. The summed E-state index contributed by atoms with van der Waals surface area (Å²) in [5, 5.41) is 27.9. The molecular weight excluding hydrogens is 200 g/mol. The van der Waals surface area contributed by atoms with Crippen LogP contribution < -0.4 is 0 Å². The Balaban J connectivity index is 2.44. The Labute approximate surface area is 88.9 Å². The molecule has 5 nitrogen and oxygen atoms in total. The van der Waals surface area contributed by atoms with Gasteiger partial charge in [-0.15, -0.1) is 0 Å². The van der Waals surface area contributed by atoms with Crippen LogP contribution in [-0.4, -0.2) is 40.4 Å². The van der Waals surface area contributed by atoms with Crippen LogP contribution in [0.2, 0.25) is 0 Å². The number of hydrogen-bond donors (Lipinski definition) is 3. The van der Waals surface area contributed by atoms with Crippen LogP contribution in [0.1, 0.15) is 20.3 Å². The zero-order valence-electron chi connectivity index (χ0n) is 8.96. The molecule has 0 spiro atoms. The SMILES string of the molecule is CCC(C)COC1OC=C(O)C(O)C1O. The van der Waals surface area contributed by atoms with Crippen molar-refractivity contribution in [3.63, 3.8) is 0 Å². The summed E-state index contributed by atoms with van der Waals surface area (Å²) in [5.74, 6) is -0.0247. The molecule has 3 N–H and O–H groups in total. The molecule has 0 aromatic heterocycles. The third-order valence-corrected chi connectivity index (χ3v) is 2.47. The van der Waals surface area contributed by atoms with Gasteiger partial charge in [-0.3, -0.25) is 0 Å². The first-order valence-electron chi connectivity index (χ1n) is 5.08. The van der Waals surface area contributed by atoms with Gasteiger partial charge in [-0.1, -0.05) is 20.3 Å². The summed E-state index contributed by atoms with van der Waals surface area (Å²) in [6.07, 6.45) is -1.53. The topological polar surface area (TPSA) is 79.2 Å². The number of aliphatic hydroxyl groups excluding tert-OH is 3. The maximum Gasteiger partial charge on any atom is 0.228 e. The number of ether oxygens (including phenoxy) is 2. The van der Waals surface area contributed by atoms with Crippen molar-refractivity contribution in [1.82, 2.24) is 0 Å². The lowest BCUT2D eigenvalue weighted by molar-refractivity contribution is -0.208. The first-order chi connectivity index (χ1) is 7.06. The maximum absolute atomic E-state index is 9.49. The van der Waals surface area contributed by atoms with Crippen LogP contribution in [-0.2, 0) is 9.47 Å². The molecule has 0 fully saturated rings. The molecule has 88 valence electrons. The van der Waals surface area contributed by atoms with E-state index in [-0.39, 0.29) is 5.76 Å². The van der Waals surface area contributed by atoms with Crippen molar-refractivity contribution in [2.45, 2.75) is 38.8 Å². The minimum absolute atomic E-state index is 0.359. The van der Waals surface area contributed by atoms with Crippen molar-refractivity contribution < 1.29 is 24.8 Å². The normalized spacial score (nSPS) is 33.1. The molecule has 1 heterocycles. The van der Waals surface area contributed by atoms with Crippen LogP contribution in [0.4, 0.5) is 0 Å². The average molecular weight is 218 g/mol. The van der Waals surface area contributed by atoms with E-state index in [4.69, 9.17) is 14.6 Å². The van der Waals surface area contributed by atoms with E-state index in [1.165, 1.54) is 0 Å². The first-order valence-corrected chi connectivity index (χ1v) is 5.08. The molecule has 1 aliphatic heterocycles. The van der Waals surface area contributed by atoms with Crippen molar-refractivity contribution in [3.8, 4) is 0 Å². The van der Waals surface area contributed by atoms with Gasteiger partial charge < -0.3 is 24.8 Å². The van der Waals surface area contributed by atoms with Gasteiger partial charge in [0.25, 0.3) is 0 Å². The predicted molar refractivity (Wildman–Crippen MR) is 53.0 cm³/mol. The van der Waals surface area contributed by atoms with Gasteiger partial charge in [0.05, 0.1) is 6.61 Å². The lowest BCUT2D eigenvalue weighted by Crippen LogP contribution is -2.44. The van der Waals surface area contributed by atoms with E-state index in [9.17, 15) is 10.2 Å². The zero-order valence-corrected chi connectivity index (χ0v) is 8.96. The Morgan fingerprint density at radius 1 is 1.53 bits per heavy atom. The van der Waals surface area contributed by atoms with Gasteiger partial charge in [-0.25, -0.2) is 0 Å². The molecule has 0 radical (unpaired) electrons. The molecule has 15 heavy (non-hydrogen) atoms. The molecule has 0 saturated carbocycles. The van der Waals surface area contributed by atoms with Crippen LogP contribution in [0.25, 0.3) is 0 Å². The van der Waals surface area contributed by atoms with Gasteiger partial charge >= 0.3 is 0 Å². The highest BCUT2D eigenvalue weighted by atomic mass is 16.7. The fourth-order valence-corrected chi connectivity index (χ4v) is 1.13. The summed E-state index contributed by atoms with van der Waals surface area (Å²) < 4.78 is 10.2. The third-order valence-electron chi connectivity index (χ3n) is 2.47. The fraction of sp³-hybridized carbons (Fsp3) is 0.800. The number of hydrogen-bond acceptors (Lipinski definition) is 5. The Morgan fingerprint density at radius 3 is 2.80 bits per heavy atom. The molecule has 0 aromatic carbocycles. The average Bonchev–Trinajstić information content (AvgIpc) is 2.24. The molecule has 1 aliphatic rings. The second-order valence-corrected chi connectivity index (χ2v) is 3.83. The molecule has 5 heteroatoms. The molecule has 4 unspecified atom stereocenters. The molecule has 0 aromatic rings. The summed E-state index contributed by atoms with van der Waals surface area (Å²) in [4.78, 5) is 0. The summed E-state index contributed by atoms with van der Waals surface area (Å²) in [7, 11) is 0. The van der Waals surface area contributed by atoms with Crippen LogP contribution in [0.3, 0.4) is 0 Å². The maximum atomic E-state index is 9.49. The van der Waals surface area contributed by atoms with E-state index in [0.717, 1.165) is 12.7 Å². The van der Waals surface area contributed by atoms with Crippen molar-refractivity contribution in [2.75, 3.05) is 6.61 Å². The highest BCUT2D eigenvalue weighted by Crippen LogP contribution is 2.19. The second-order valence-electron chi connectivity index (χ2n) is 3.83. The van der Waals surface area contributed by atoms with Crippen LogP contribution in [0.15, 0.2) is 12.0 Å². The minimum Gasteiger partial charge on any atom is -0.506 e. The van der Waals surface area contributed by atoms with Gasteiger partial charge in [0.15, 0.2) is 5.76 Å². The summed E-state index contributed by atoms with van der Waals surface area (Å²) in [5.41, 5.74) is 0. The van der Waals surface area contributed by atoms with Crippen molar-refractivity contribution in [3.05, 3.63) is 12.0 Å². The van der Waals surface area contributed by atoms with Crippen molar-refractivity contribution in [1.29, 1.82) is 0 Å². The second kappa shape index (κ2) is 5.34. The first kappa shape index (κ1) is 12.3. The van der Waals surface area contributed by atoms with Gasteiger partial charge in [0.1, 0.15) is 18.5 Å².